The smallest absolute Gasteiger partial charge is 0.326 e. The molecule has 16 heavy (non-hydrogen) atoms. The molecule has 0 spiro atoms. The van der Waals surface area contributed by atoms with Gasteiger partial charge in [-0.1, -0.05) is 24.3 Å². The van der Waals surface area contributed by atoms with Crippen molar-refractivity contribution in [2.45, 2.75) is 24.8 Å². The van der Waals surface area contributed by atoms with E-state index in [0.717, 1.165) is 12.8 Å². The fourth-order valence-corrected chi connectivity index (χ4v) is 2.42. The Morgan fingerprint density at radius 3 is 2.69 bits per heavy atom. The minimum atomic E-state index is -0.539. The number of nitrogens with one attached hydrogen (secondary N) is 1. The van der Waals surface area contributed by atoms with Gasteiger partial charge in [0.15, 0.2) is 0 Å². The molecule has 3 nitrogen and oxygen atoms in total. The number of methoxy groups -OCH3 is 1. The van der Waals surface area contributed by atoms with E-state index in [0.29, 0.717) is 6.42 Å². The SMILES string of the molecule is CN[C@]1(C(=O)OC)CCc2ccccc2C1. The zero-order chi connectivity index (χ0) is 11.6. The molecule has 0 heterocycles. The van der Waals surface area contributed by atoms with Crippen molar-refractivity contribution in [1.29, 1.82) is 0 Å². The summed E-state index contributed by atoms with van der Waals surface area (Å²) in [6.07, 6.45) is 2.44. The first kappa shape index (κ1) is 11.1. The molecule has 1 aromatic carbocycles. The van der Waals surface area contributed by atoms with Gasteiger partial charge in [0.2, 0.25) is 0 Å². The Morgan fingerprint density at radius 2 is 2.06 bits per heavy atom. The zero-order valence-electron chi connectivity index (χ0n) is 9.75. The summed E-state index contributed by atoms with van der Waals surface area (Å²) < 4.78 is 4.90. The van der Waals surface area contributed by atoms with Crippen LogP contribution in [-0.2, 0) is 22.4 Å². The van der Waals surface area contributed by atoms with Gasteiger partial charge in [-0.2, -0.15) is 0 Å². The Morgan fingerprint density at radius 1 is 1.38 bits per heavy atom. The lowest BCUT2D eigenvalue weighted by Gasteiger charge is -2.35. The Bertz CT molecular complexity index is 403. The molecular formula is C13H17NO2. The Labute approximate surface area is 95.8 Å². The van der Waals surface area contributed by atoms with E-state index < -0.39 is 5.54 Å². The number of esters is 1. The Hall–Kier alpha value is -1.35. The van der Waals surface area contributed by atoms with E-state index in [4.69, 9.17) is 4.74 Å². The van der Waals surface area contributed by atoms with Crippen molar-refractivity contribution < 1.29 is 9.53 Å². The lowest BCUT2D eigenvalue weighted by Crippen LogP contribution is -2.54. The number of likely N-dealkylation sites (N-methyl/N-ethyl adjacent to an activating group) is 1. The van der Waals surface area contributed by atoms with E-state index in [1.807, 2.05) is 19.2 Å². The van der Waals surface area contributed by atoms with Crippen molar-refractivity contribution in [3.05, 3.63) is 35.4 Å². The molecule has 0 saturated heterocycles. The number of fused-ring (bicyclic) bond motifs is 1. The Balaban J connectivity index is 2.32. The van der Waals surface area contributed by atoms with Gasteiger partial charge in [0.05, 0.1) is 7.11 Å². The first-order valence-corrected chi connectivity index (χ1v) is 5.56. The number of hydrogen-bond acceptors (Lipinski definition) is 3. The summed E-state index contributed by atoms with van der Waals surface area (Å²) in [6, 6.07) is 8.28. The van der Waals surface area contributed by atoms with Crippen LogP contribution in [0.3, 0.4) is 0 Å². The van der Waals surface area contributed by atoms with Gasteiger partial charge in [0.1, 0.15) is 5.54 Å². The minimum Gasteiger partial charge on any atom is -0.468 e. The molecule has 1 aliphatic carbocycles. The largest absolute Gasteiger partial charge is 0.468 e. The van der Waals surface area contributed by atoms with Crippen LogP contribution in [0.15, 0.2) is 24.3 Å². The lowest BCUT2D eigenvalue weighted by molar-refractivity contribution is -0.149. The molecule has 3 heteroatoms. The standard InChI is InChI=1S/C13H17NO2/c1-14-13(12(15)16-2)8-7-10-5-3-4-6-11(10)9-13/h3-6,14H,7-9H2,1-2H3/t13-/m1/s1. The highest BCUT2D eigenvalue weighted by atomic mass is 16.5. The van der Waals surface area contributed by atoms with Crippen molar-refractivity contribution in [2.75, 3.05) is 14.2 Å². The lowest BCUT2D eigenvalue weighted by atomic mass is 9.78. The second-order valence-corrected chi connectivity index (χ2v) is 4.27. The molecular weight excluding hydrogens is 202 g/mol. The maximum absolute atomic E-state index is 11.8. The van der Waals surface area contributed by atoms with Gasteiger partial charge < -0.3 is 10.1 Å². The van der Waals surface area contributed by atoms with Gasteiger partial charge >= 0.3 is 5.97 Å². The van der Waals surface area contributed by atoms with Crippen LogP contribution in [0.4, 0.5) is 0 Å². The highest BCUT2D eigenvalue weighted by Gasteiger charge is 2.40. The molecule has 0 fully saturated rings. The number of ether oxygens (including phenoxy) is 1. The van der Waals surface area contributed by atoms with Crippen LogP contribution in [0.5, 0.6) is 0 Å². The summed E-state index contributed by atoms with van der Waals surface area (Å²) in [4.78, 5) is 11.8. The monoisotopic (exact) mass is 219 g/mol. The molecule has 86 valence electrons. The Kier molecular flexibility index (Phi) is 2.97. The minimum absolute atomic E-state index is 0.162. The van der Waals surface area contributed by atoms with Crippen molar-refractivity contribution in [2.24, 2.45) is 0 Å². The number of rotatable bonds is 2. The van der Waals surface area contributed by atoms with Crippen LogP contribution in [0, 0.1) is 0 Å². The van der Waals surface area contributed by atoms with Gasteiger partial charge in [0.25, 0.3) is 0 Å². The summed E-state index contributed by atoms with van der Waals surface area (Å²) in [7, 11) is 3.27. The van der Waals surface area contributed by atoms with E-state index in [9.17, 15) is 4.79 Å². The number of carbonyl (C=O) groups excluding carboxylic acids is 1. The number of aryl methyl sites for hydroxylation is 1. The third-order valence-electron chi connectivity index (χ3n) is 3.49. The summed E-state index contributed by atoms with van der Waals surface area (Å²) in [6.45, 7) is 0. The van der Waals surface area contributed by atoms with Gasteiger partial charge in [-0.3, -0.25) is 4.79 Å². The first-order valence-electron chi connectivity index (χ1n) is 5.56. The number of carbonyl (C=O) groups is 1. The van der Waals surface area contributed by atoms with Gasteiger partial charge in [-0.15, -0.1) is 0 Å². The fraction of sp³-hybridized carbons (Fsp3) is 0.462. The number of hydrogen-bond donors (Lipinski definition) is 1. The molecule has 0 amide bonds. The predicted octanol–water partition coefficient (Wildman–Crippen LogP) is 1.31. The van der Waals surface area contributed by atoms with Crippen molar-refractivity contribution >= 4 is 5.97 Å². The molecule has 0 radical (unpaired) electrons. The maximum Gasteiger partial charge on any atom is 0.326 e. The van der Waals surface area contributed by atoms with Crippen LogP contribution in [0.25, 0.3) is 0 Å². The third kappa shape index (κ3) is 1.71. The van der Waals surface area contributed by atoms with Crippen molar-refractivity contribution in [3.8, 4) is 0 Å². The van der Waals surface area contributed by atoms with Crippen LogP contribution < -0.4 is 5.32 Å². The quantitative estimate of drug-likeness (QED) is 0.762. The topological polar surface area (TPSA) is 38.3 Å². The summed E-state index contributed by atoms with van der Waals surface area (Å²) in [5.41, 5.74) is 2.05. The molecule has 0 bridgehead atoms. The summed E-state index contributed by atoms with van der Waals surface area (Å²) in [5, 5.41) is 3.13. The molecule has 0 saturated carbocycles. The highest BCUT2D eigenvalue weighted by molar-refractivity contribution is 5.81. The fourth-order valence-electron chi connectivity index (χ4n) is 2.42. The second kappa shape index (κ2) is 4.26. The molecule has 0 unspecified atom stereocenters. The average molecular weight is 219 g/mol. The first-order chi connectivity index (χ1) is 7.72. The number of benzene rings is 1. The molecule has 1 atom stereocenters. The molecule has 1 aromatic rings. The summed E-state index contributed by atoms with van der Waals surface area (Å²) >= 11 is 0. The third-order valence-corrected chi connectivity index (χ3v) is 3.49. The van der Waals surface area contributed by atoms with E-state index in [1.54, 1.807) is 0 Å². The molecule has 0 aliphatic heterocycles. The van der Waals surface area contributed by atoms with Crippen LogP contribution >= 0.6 is 0 Å². The predicted molar refractivity (Wildman–Crippen MR) is 62.3 cm³/mol. The second-order valence-electron chi connectivity index (χ2n) is 4.27. The zero-order valence-corrected chi connectivity index (χ0v) is 9.75. The maximum atomic E-state index is 11.8. The van der Waals surface area contributed by atoms with Crippen LogP contribution in [0.2, 0.25) is 0 Å². The molecule has 0 aromatic heterocycles. The van der Waals surface area contributed by atoms with Gasteiger partial charge in [-0.05, 0) is 31.0 Å². The van der Waals surface area contributed by atoms with Crippen LogP contribution in [0.1, 0.15) is 17.5 Å². The van der Waals surface area contributed by atoms with E-state index in [-0.39, 0.29) is 5.97 Å². The normalized spacial score (nSPS) is 23.6. The highest BCUT2D eigenvalue weighted by Crippen LogP contribution is 2.29. The molecule has 2 rings (SSSR count). The van der Waals surface area contributed by atoms with Gasteiger partial charge in [0, 0.05) is 6.42 Å². The van der Waals surface area contributed by atoms with Crippen LogP contribution in [-0.4, -0.2) is 25.7 Å². The van der Waals surface area contributed by atoms with E-state index >= 15 is 0 Å². The van der Waals surface area contributed by atoms with E-state index in [2.05, 4.69) is 17.4 Å². The van der Waals surface area contributed by atoms with E-state index in [1.165, 1.54) is 18.2 Å². The van der Waals surface area contributed by atoms with Gasteiger partial charge in [-0.25, -0.2) is 0 Å². The van der Waals surface area contributed by atoms with Crippen molar-refractivity contribution in [1.82, 2.24) is 5.32 Å². The molecule has 1 aliphatic rings. The average Bonchev–Trinajstić information content (AvgIpc) is 2.37. The molecule has 1 N–H and O–H groups in total. The van der Waals surface area contributed by atoms with Crippen molar-refractivity contribution in [3.63, 3.8) is 0 Å². The summed E-state index contributed by atoms with van der Waals surface area (Å²) in [5.74, 6) is -0.162.